The third-order valence-electron chi connectivity index (χ3n) is 4.17. The highest BCUT2D eigenvalue weighted by atomic mass is 16.5. The Morgan fingerprint density at radius 2 is 1.62 bits per heavy atom. The van der Waals surface area contributed by atoms with Crippen molar-refractivity contribution in [1.82, 2.24) is 0 Å². The lowest BCUT2D eigenvalue weighted by atomic mass is 9.76. The summed E-state index contributed by atoms with van der Waals surface area (Å²) in [6.07, 6.45) is 2.34. The molecule has 110 valence electrons. The fourth-order valence-electron chi connectivity index (χ4n) is 2.83. The number of anilines is 1. The van der Waals surface area contributed by atoms with Crippen LogP contribution in [0.25, 0.3) is 0 Å². The normalized spacial score (nSPS) is 20.5. The molecule has 0 bridgehead atoms. The highest BCUT2D eigenvalue weighted by Crippen LogP contribution is 2.39. The van der Waals surface area contributed by atoms with E-state index in [0.29, 0.717) is 12.0 Å². The van der Waals surface area contributed by atoms with Crippen LogP contribution in [0.3, 0.4) is 0 Å². The van der Waals surface area contributed by atoms with Gasteiger partial charge < -0.3 is 14.8 Å². The molecule has 2 aromatic rings. The van der Waals surface area contributed by atoms with Gasteiger partial charge in [-0.1, -0.05) is 18.2 Å². The van der Waals surface area contributed by atoms with Gasteiger partial charge in [-0.3, -0.25) is 0 Å². The number of benzene rings is 2. The van der Waals surface area contributed by atoms with Gasteiger partial charge >= 0.3 is 0 Å². The van der Waals surface area contributed by atoms with Crippen molar-refractivity contribution in [3.63, 3.8) is 0 Å². The van der Waals surface area contributed by atoms with Crippen molar-refractivity contribution in [3.05, 3.63) is 54.1 Å². The minimum atomic E-state index is 0.546. The molecule has 1 saturated carbocycles. The Hall–Kier alpha value is -2.16. The van der Waals surface area contributed by atoms with Gasteiger partial charge in [-0.05, 0) is 48.6 Å². The number of hydrogen-bond donors (Lipinski definition) is 1. The van der Waals surface area contributed by atoms with E-state index in [-0.39, 0.29) is 0 Å². The minimum absolute atomic E-state index is 0.546. The first-order chi connectivity index (χ1) is 10.3. The Kier molecular flexibility index (Phi) is 4.00. The third kappa shape index (κ3) is 3.13. The van der Waals surface area contributed by atoms with Gasteiger partial charge in [0.2, 0.25) is 0 Å². The predicted octanol–water partition coefficient (Wildman–Crippen LogP) is 4.06. The Bertz CT molecular complexity index is 588. The van der Waals surface area contributed by atoms with Crippen LogP contribution in [0, 0.1) is 0 Å². The summed E-state index contributed by atoms with van der Waals surface area (Å²) >= 11 is 0. The predicted molar refractivity (Wildman–Crippen MR) is 85.4 cm³/mol. The standard InChI is InChI=1S/C18H21NO2/c1-20-17-8-6-13(7-9-17)14-10-16(11-14)19-15-4-3-5-18(12-15)21-2/h3-9,12,14,16,19H,10-11H2,1-2H3. The van der Waals surface area contributed by atoms with Gasteiger partial charge in [0.25, 0.3) is 0 Å². The second kappa shape index (κ2) is 6.08. The van der Waals surface area contributed by atoms with Crippen LogP contribution < -0.4 is 14.8 Å². The molecule has 1 fully saturated rings. The second-order valence-corrected chi connectivity index (χ2v) is 5.51. The van der Waals surface area contributed by atoms with E-state index in [1.165, 1.54) is 18.4 Å². The van der Waals surface area contributed by atoms with Crippen LogP contribution in [-0.2, 0) is 0 Å². The lowest BCUT2D eigenvalue weighted by Crippen LogP contribution is -2.33. The van der Waals surface area contributed by atoms with Gasteiger partial charge in [0.1, 0.15) is 11.5 Å². The summed E-state index contributed by atoms with van der Waals surface area (Å²) < 4.78 is 10.4. The SMILES string of the molecule is COc1ccc(C2CC(Nc3cccc(OC)c3)C2)cc1. The maximum absolute atomic E-state index is 5.25. The average Bonchev–Trinajstić information content (AvgIpc) is 2.51. The molecule has 0 spiro atoms. The summed E-state index contributed by atoms with van der Waals surface area (Å²) in [5, 5.41) is 3.57. The van der Waals surface area contributed by atoms with Crippen molar-refractivity contribution in [2.24, 2.45) is 0 Å². The Morgan fingerprint density at radius 1 is 0.905 bits per heavy atom. The first kappa shape index (κ1) is 13.8. The summed E-state index contributed by atoms with van der Waals surface area (Å²) in [5.41, 5.74) is 2.53. The van der Waals surface area contributed by atoms with Crippen LogP contribution in [0.15, 0.2) is 48.5 Å². The van der Waals surface area contributed by atoms with E-state index < -0.39 is 0 Å². The maximum Gasteiger partial charge on any atom is 0.120 e. The molecule has 0 unspecified atom stereocenters. The van der Waals surface area contributed by atoms with Crippen LogP contribution in [0.2, 0.25) is 0 Å². The smallest absolute Gasteiger partial charge is 0.120 e. The van der Waals surface area contributed by atoms with Crippen LogP contribution in [0.5, 0.6) is 11.5 Å². The number of rotatable bonds is 5. The molecular weight excluding hydrogens is 262 g/mol. The Morgan fingerprint density at radius 3 is 2.29 bits per heavy atom. The first-order valence-electron chi connectivity index (χ1n) is 7.33. The fraction of sp³-hybridized carbons (Fsp3) is 0.333. The summed E-state index contributed by atoms with van der Waals surface area (Å²) in [5.74, 6) is 2.47. The average molecular weight is 283 g/mol. The van der Waals surface area contributed by atoms with Crippen LogP contribution in [0.4, 0.5) is 5.69 Å². The van der Waals surface area contributed by atoms with E-state index in [1.807, 2.05) is 30.3 Å². The molecule has 0 amide bonds. The molecule has 1 aliphatic carbocycles. The van der Waals surface area contributed by atoms with Crippen molar-refractivity contribution in [1.29, 1.82) is 0 Å². The van der Waals surface area contributed by atoms with E-state index in [0.717, 1.165) is 17.2 Å². The Balaban J connectivity index is 1.55. The van der Waals surface area contributed by atoms with Crippen LogP contribution in [-0.4, -0.2) is 20.3 Å². The quantitative estimate of drug-likeness (QED) is 0.897. The van der Waals surface area contributed by atoms with Gasteiger partial charge in [-0.15, -0.1) is 0 Å². The van der Waals surface area contributed by atoms with Crippen molar-refractivity contribution < 1.29 is 9.47 Å². The van der Waals surface area contributed by atoms with E-state index in [1.54, 1.807) is 14.2 Å². The molecule has 1 aliphatic rings. The molecule has 0 aliphatic heterocycles. The molecule has 0 radical (unpaired) electrons. The highest BCUT2D eigenvalue weighted by molar-refractivity contribution is 5.49. The molecule has 3 heteroatoms. The van der Waals surface area contributed by atoms with E-state index >= 15 is 0 Å². The first-order valence-corrected chi connectivity index (χ1v) is 7.33. The zero-order chi connectivity index (χ0) is 14.7. The molecule has 3 nitrogen and oxygen atoms in total. The molecule has 0 aromatic heterocycles. The van der Waals surface area contributed by atoms with E-state index in [2.05, 4.69) is 23.5 Å². The van der Waals surface area contributed by atoms with E-state index in [9.17, 15) is 0 Å². The third-order valence-corrected chi connectivity index (χ3v) is 4.17. The largest absolute Gasteiger partial charge is 0.497 e. The Labute approximate surface area is 125 Å². The van der Waals surface area contributed by atoms with Crippen molar-refractivity contribution in [2.75, 3.05) is 19.5 Å². The highest BCUT2D eigenvalue weighted by Gasteiger charge is 2.30. The summed E-state index contributed by atoms with van der Waals surface area (Å²) in [4.78, 5) is 0. The molecule has 0 saturated heterocycles. The summed E-state index contributed by atoms with van der Waals surface area (Å²) in [6.45, 7) is 0. The van der Waals surface area contributed by atoms with Crippen LogP contribution in [0.1, 0.15) is 24.3 Å². The molecule has 0 heterocycles. The number of ether oxygens (including phenoxy) is 2. The minimum Gasteiger partial charge on any atom is -0.497 e. The summed E-state index contributed by atoms with van der Waals surface area (Å²) in [7, 11) is 3.40. The van der Waals surface area contributed by atoms with Gasteiger partial charge in [-0.2, -0.15) is 0 Å². The molecule has 21 heavy (non-hydrogen) atoms. The van der Waals surface area contributed by atoms with Gasteiger partial charge in [-0.25, -0.2) is 0 Å². The zero-order valence-electron chi connectivity index (χ0n) is 12.5. The van der Waals surface area contributed by atoms with Gasteiger partial charge in [0, 0.05) is 17.8 Å². The number of methoxy groups -OCH3 is 2. The van der Waals surface area contributed by atoms with Gasteiger partial charge in [0.05, 0.1) is 14.2 Å². The topological polar surface area (TPSA) is 30.5 Å². The lowest BCUT2D eigenvalue weighted by Gasteiger charge is -2.37. The number of nitrogens with one attached hydrogen (secondary N) is 1. The fourth-order valence-corrected chi connectivity index (χ4v) is 2.83. The molecule has 1 N–H and O–H groups in total. The molecule has 3 rings (SSSR count). The number of hydrogen-bond acceptors (Lipinski definition) is 3. The molecule has 2 aromatic carbocycles. The second-order valence-electron chi connectivity index (χ2n) is 5.51. The maximum atomic E-state index is 5.25. The van der Waals surface area contributed by atoms with E-state index in [4.69, 9.17) is 9.47 Å². The van der Waals surface area contributed by atoms with Crippen LogP contribution >= 0.6 is 0 Å². The summed E-state index contributed by atoms with van der Waals surface area (Å²) in [6, 6.07) is 17.1. The zero-order valence-corrected chi connectivity index (χ0v) is 12.5. The molecule has 0 atom stereocenters. The van der Waals surface area contributed by atoms with Crippen molar-refractivity contribution in [2.45, 2.75) is 24.8 Å². The van der Waals surface area contributed by atoms with Crippen molar-refractivity contribution >= 4 is 5.69 Å². The monoisotopic (exact) mass is 283 g/mol. The van der Waals surface area contributed by atoms with Crippen molar-refractivity contribution in [3.8, 4) is 11.5 Å². The van der Waals surface area contributed by atoms with Gasteiger partial charge in [0.15, 0.2) is 0 Å². The lowest BCUT2D eigenvalue weighted by molar-refractivity contribution is 0.372. The molecular formula is C18H21NO2.